The van der Waals surface area contributed by atoms with Crippen LogP contribution < -0.4 is 5.32 Å². The third-order valence-corrected chi connectivity index (χ3v) is 5.61. The molecule has 0 unspecified atom stereocenters. The van der Waals surface area contributed by atoms with E-state index in [0.29, 0.717) is 16.8 Å². The summed E-state index contributed by atoms with van der Waals surface area (Å²) in [5.74, 6) is 0.949. The lowest BCUT2D eigenvalue weighted by atomic mass is 9.93. The molecule has 1 amide bonds. The second-order valence-corrected chi connectivity index (χ2v) is 8.03. The first-order valence-electron chi connectivity index (χ1n) is 7.73. The Bertz CT molecular complexity index is 709. The Kier molecular flexibility index (Phi) is 4.96. The van der Waals surface area contributed by atoms with Gasteiger partial charge in [-0.2, -0.15) is 0 Å². The summed E-state index contributed by atoms with van der Waals surface area (Å²) in [5, 5.41) is 4.27. The van der Waals surface area contributed by atoms with Gasteiger partial charge in [0.15, 0.2) is 10.3 Å². The molecule has 2 heterocycles. The van der Waals surface area contributed by atoms with Gasteiger partial charge in [0.1, 0.15) is 0 Å². The first-order chi connectivity index (χ1) is 11.0. The van der Waals surface area contributed by atoms with Crippen molar-refractivity contribution in [1.29, 1.82) is 0 Å². The molecule has 3 rings (SSSR count). The van der Waals surface area contributed by atoms with Crippen molar-refractivity contribution in [1.82, 2.24) is 15.0 Å². The number of hydrogen-bond acceptors (Lipinski definition) is 6. The molecule has 2 aromatic rings. The van der Waals surface area contributed by atoms with Gasteiger partial charge < -0.3 is 5.32 Å². The van der Waals surface area contributed by atoms with Gasteiger partial charge in [-0.15, -0.1) is 11.3 Å². The van der Waals surface area contributed by atoms with Gasteiger partial charge in [-0.05, 0) is 45.1 Å². The zero-order chi connectivity index (χ0) is 16.4. The van der Waals surface area contributed by atoms with E-state index >= 15 is 0 Å². The number of fused-ring (bicyclic) bond motifs is 1. The van der Waals surface area contributed by atoms with Crippen LogP contribution >= 0.6 is 23.1 Å². The molecule has 122 valence electrons. The second kappa shape index (κ2) is 6.97. The van der Waals surface area contributed by atoms with E-state index in [9.17, 15) is 4.79 Å². The number of rotatable bonds is 4. The molecular formula is C16H20N4OS2. The quantitative estimate of drug-likeness (QED) is 0.677. The van der Waals surface area contributed by atoms with Crippen molar-refractivity contribution in [3.63, 3.8) is 0 Å². The fraction of sp³-hybridized carbons (Fsp3) is 0.500. The number of carbonyl (C=O) groups excluding carboxylic acids is 1. The molecule has 2 aromatic heterocycles. The number of thiazole rings is 1. The zero-order valence-corrected chi connectivity index (χ0v) is 15.2. The maximum absolute atomic E-state index is 12.1. The molecule has 0 aromatic carbocycles. The smallest absolute Gasteiger partial charge is 0.236 e. The van der Waals surface area contributed by atoms with E-state index in [1.165, 1.54) is 23.1 Å². The highest BCUT2D eigenvalue weighted by Gasteiger charge is 2.20. The Labute approximate surface area is 144 Å². The summed E-state index contributed by atoms with van der Waals surface area (Å²) < 4.78 is 0. The van der Waals surface area contributed by atoms with Gasteiger partial charge in [0, 0.05) is 16.3 Å². The van der Waals surface area contributed by atoms with Gasteiger partial charge in [-0.3, -0.25) is 4.79 Å². The maximum atomic E-state index is 12.1. The molecule has 0 fully saturated rings. The number of amides is 1. The standard InChI is InChI=1S/C16H20N4OS2/c1-9-4-5-12-13(6-9)23-16(19-12)20-14(21)8-22-15-17-10(2)7-11(3)18-15/h7,9H,4-6,8H2,1-3H3,(H,19,20,21)/t9-/m1/s1. The normalized spacial score (nSPS) is 16.9. The van der Waals surface area contributed by atoms with Crippen LogP contribution in [0, 0.1) is 19.8 Å². The van der Waals surface area contributed by atoms with Crippen LogP contribution in [0.1, 0.15) is 35.3 Å². The summed E-state index contributed by atoms with van der Waals surface area (Å²) in [6.45, 7) is 6.13. The highest BCUT2D eigenvalue weighted by atomic mass is 32.2. The van der Waals surface area contributed by atoms with E-state index in [4.69, 9.17) is 0 Å². The van der Waals surface area contributed by atoms with E-state index in [0.717, 1.165) is 35.1 Å². The number of carbonyl (C=O) groups is 1. The van der Waals surface area contributed by atoms with Gasteiger partial charge in [0.25, 0.3) is 0 Å². The van der Waals surface area contributed by atoms with Crippen LogP contribution in [0.2, 0.25) is 0 Å². The zero-order valence-electron chi connectivity index (χ0n) is 13.5. The summed E-state index contributed by atoms with van der Waals surface area (Å²) in [6.07, 6.45) is 3.28. The maximum Gasteiger partial charge on any atom is 0.236 e. The van der Waals surface area contributed by atoms with Crippen LogP contribution in [0.25, 0.3) is 0 Å². The average Bonchev–Trinajstić information content (AvgIpc) is 2.85. The topological polar surface area (TPSA) is 67.8 Å². The van der Waals surface area contributed by atoms with Crippen molar-refractivity contribution >= 4 is 34.1 Å². The van der Waals surface area contributed by atoms with Crippen molar-refractivity contribution in [2.45, 2.75) is 45.2 Å². The third kappa shape index (κ3) is 4.29. The van der Waals surface area contributed by atoms with Gasteiger partial charge in [0.2, 0.25) is 5.91 Å². The third-order valence-electron chi connectivity index (χ3n) is 3.73. The Morgan fingerprint density at radius 1 is 1.35 bits per heavy atom. The number of nitrogens with one attached hydrogen (secondary N) is 1. The molecule has 0 radical (unpaired) electrons. The molecule has 5 nitrogen and oxygen atoms in total. The van der Waals surface area contributed by atoms with Crippen LogP contribution in [0.5, 0.6) is 0 Å². The number of hydrogen-bond donors (Lipinski definition) is 1. The average molecular weight is 348 g/mol. The first kappa shape index (κ1) is 16.4. The van der Waals surface area contributed by atoms with E-state index < -0.39 is 0 Å². The van der Waals surface area contributed by atoms with Crippen LogP contribution in [0.15, 0.2) is 11.2 Å². The van der Waals surface area contributed by atoms with Crippen LogP contribution in [0.3, 0.4) is 0 Å². The lowest BCUT2D eigenvalue weighted by Crippen LogP contribution is -2.14. The molecule has 0 spiro atoms. The molecule has 1 atom stereocenters. The van der Waals surface area contributed by atoms with E-state index in [2.05, 4.69) is 27.2 Å². The van der Waals surface area contributed by atoms with Crippen LogP contribution in [-0.2, 0) is 17.6 Å². The number of aromatic nitrogens is 3. The lowest BCUT2D eigenvalue weighted by Gasteiger charge is -2.15. The highest BCUT2D eigenvalue weighted by Crippen LogP contribution is 2.32. The molecule has 23 heavy (non-hydrogen) atoms. The van der Waals surface area contributed by atoms with Crippen LogP contribution in [-0.4, -0.2) is 26.6 Å². The Hall–Kier alpha value is -1.47. The van der Waals surface area contributed by atoms with Crippen molar-refractivity contribution in [2.24, 2.45) is 5.92 Å². The SMILES string of the molecule is Cc1cc(C)nc(SCC(=O)Nc2nc3c(s2)C[C@H](C)CC3)n1. The molecule has 1 N–H and O–H groups in total. The monoisotopic (exact) mass is 348 g/mol. The predicted octanol–water partition coefficient (Wildman–Crippen LogP) is 3.41. The largest absolute Gasteiger partial charge is 0.301 e. The lowest BCUT2D eigenvalue weighted by molar-refractivity contribution is -0.113. The van der Waals surface area contributed by atoms with E-state index in [1.54, 1.807) is 11.3 Å². The van der Waals surface area contributed by atoms with Crippen LogP contribution in [0.4, 0.5) is 5.13 Å². The van der Waals surface area contributed by atoms with Crippen molar-refractivity contribution in [2.75, 3.05) is 11.1 Å². The summed E-state index contributed by atoms with van der Waals surface area (Å²) in [4.78, 5) is 26.7. The molecule has 7 heteroatoms. The molecule has 0 saturated heterocycles. The van der Waals surface area contributed by atoms with Gasteiger partial charge in [0.05, 0.1) is 11.4 Å². The summed E-state index contributed by atoms with van der Waals surface area (Å²) in [5.41, 5.74) is 3.00. The van der Waals surface area contributed by atoms with Gasteiger partial charge >= 0.3 is 0 Å². The minimum atomic E-state index is -0.0584. The Balaban J connectivity index is 1.57. The second-order valence-electron chi connectivity index (χ2n) is 6.01. The van der Waals surface area contributed by atoms with E-state index in [-0.39, 0.29) is 5.91 Å². The van der Waals surface area contributed by atoms with Crippen molar-refractivity contribution in [3.05, 3.63) is 28.0 Å². The van der Waals surface area contributed by atoms with Crippen molar-refractivity contribution < 1.29 is 4.79 Å². The van der Waals surface area contributed by atoms with E-state index in [1.807, 2.05) is 19.9 Å². The summed E-state index contributed by atoms with van der Waals surface area (Å²) >= 11 is 2.96. The molecule has 0 bridgehead atoms. The number of aryl methyl sites for hydroxylation is 3. The summed E-state index contributed by atoms with van der Waals surface area (Å²) in [6, 6.07) is 1.92. The molecule has 1 aliphatic carbocycles. The van der Waals surface area contributed by atoms with Gasteiger partial charge in [-0.1, -0.05) is 18.7 Å². The fourth-order valence-corrected chi connectivity index (χ4v) is 4.57. The fourth-order valence-electron chi connectivity index (χ4n) is 2.64. The predicted molar refractivity (Wildman–Crippen MR) is 94.2 cm³/mol. The number of nitrogens with zero attached hydrogens (tertiary/aromatic N) is 3. The minimum Gasteiger partial charge on any atom is -0.301 e. The number of anilines is 1. The number of thioether (sulfide) groups is 1. The molecule has 0 aliphatic heterocycles. The van der Waals surface area contributed by atoms with Gasteiger partial charge in [-0.25, -0.2) is 15.0 Å². The Morgan fingerprint density at radius 3 is 2.83 bits per heavy atom. The molecule has 0 saturated carbocycles. The summed E-state index contributed by atoms with van der Waals surface area (Å²) in [7, 11) is 0. The van der Waals surface area contributed by atoms with Crippen molar-refractivity contribution in [3.8, 4) is 0 Å². The Morgan fingerprint density at radius 2 is 2.09 bits per heavy atom. The minimum absolute atomic E-state index is 0.0584. The molecular weight excluding hydrogens is 328 g/mol. The first-order valence-corrected chi connectivity index (χ1v) is 9.53. The highest BCUT2D eigenvalue weighted by molar-refractivity contribution is 7.99. The molecule has 1 aliphatic rings.